The number of aromatic nitrogens is 1. The number of thiazole rings is 1. The van der Waals surface area contributed by atoms with Crippen molar-refractivity contribution >= 4 is 33.1 Å². The van der Waals surface area contributed by atoms with Gasteiger partial charge in [-0.1, -0.05) is 18.3 Å². The van der Waals surface area contributed by atoms with Crippen LogP contribution in [0.2, 0.25) is 0 Å². The first-order valence-electron chi connectivity index (χ1n) is 10.9. The van der Waals surface area contributed by atoms with Gasteiger partial charge in [0.1, 0.15) is 0 Å². The lowest BCUT2D eigenvalue weighted by molar-refractivity contribution is -0.384. The molecular formula is C23H27N3O6S. The zero-order valence-corrected chi connectivity index (χ0v) is 19.9. The van der Waals surface area contributed by atoms with Gasteiger partial charge in [-0.05, 0) is 45.4 Å². The molecule has 9 nitrogen and oxygen atoms in total. The molecule has 0 radical (unpaired) electrons. The molecule has 0 aliphatic heterocycles. The van der Waals surface area contributed by atoms with Crippen LogP contribution in [-0.2, 0) is 6.54 Å². The van der Waals surface area contributed by atoms with Crippen molar-refractivity contribution in [2.45, 2.75) is 40.7 Å². The lowest BCUT2D eigenvalue weighted by atomic mass is 10.1. The first kappa shape index (κ1) is 24.2. The second-order valence-corrected chi connectivity index (χ2v) is 7.97. The van der Waals surface area contributed by atoms with E-state index >= 15 is 0 Å². The Morgan fingerprint density at radius 2 is 1.67 bits per heavy atom. The number of ether oxygens (including phenoxy) is 3. The normalized spacial score (nSPS) is 11.6. The minimum Gasteiger partial charge on any atom is -0.490 e. The molecule has 1 aromatic heterocycles. The quantitative estimate of drug-likeness (QED) is 0.304. The van der Waals surface area contributed by atoms with Crippen LogP contribution in [0.25, 0.3) is 10.2 Å². The maximum absolute atomic E-state index is 13.2. The van der Waals surface area contributed by atoms with Crippen molar-refractivity contribution < 1.29 is 23.9 Å². The third kappa shape index (κ3) is 5.33. The Labute approximate surface area is 195 Å². The fourth-order valence-electron chi connectivity index (χ4n) is 3.36. The van der Waals surface area contributed by atoms with Crippen molar-refractivity contribution in [1.29, 1.82) is 0 Å². The molecule has 0 saturated carbocycles. The van der Waals surface area contributed by atoms with Gasteiger partial charge in [-0.25, -0.2) is 0 Å². The lowest BCUT2D eigenvalue weighted by Crippen LogP contribution is -2.17. The summed E-state index contributed by atoms with van der Waals surface area (Å²) in [6, 6.07) is 7.87. The number of nitrogens with zero attached hydrogens (tertiary/aromatic N) is 3. The largest absolute Gasteiger partial charge is 0.490 e. The molecule has 1 amide bonds. The minimum absolute atomic E-state index is 0.000463. The summed E-state index contributed by atoms with van der Waals surface area (Å²) in [6.45, 7) is 9.40. The van der Waals surface area contributed by atoms with E-state index in [4.69, 9.17) is 14.2 Å². The van der Waals surface area contributed by atoms with E-state index in [1.54, 1.807) is 18.2 Å². The van der Waals surface area contributed by atoms with E-state index in [2.05, 4.69) is 4.99 Å². The number of nitro benzene ring substituents is 1. The number of fused-ring (bicyclic) bond motifs is 1. The average Bonchev–Trinajstić information content (AvgIpc) is 3.12. The Bertz CT molecular complexity index is 1200. The fourth-order valence-corrected chi connectivity index (χ4v) is 4.45. The van der Waals surface area contributed by atoms with Crippen LogP contribution in [0.5, 0.6) is 17.2 Å². The van der Waals surface area contributed by atoms with E-state index < -0.39 is 10.8 Å². The van der Waals surface area contributed by atoms with Crippen molar-refractivity contribution in [3.8, 4) is 17.2 Å². The van der Waals surface area contributed by atoms with Gasteiger partial charge in [0.15, 0.2) is 16.3 Å². The first-order chi connectivity index (χ1) is 15.9. The van der Waals surface area contributed by atoms with Crippen LogP contribution in [0.4, 0.5) is 5.69 Å². The summed E-state index contributed by atoms with van der Waals surface area (Å²) >= 11 is 1.24. The van der Waals surface area contributed by atoms with Gasteiger partial charge in [0.2, 0.25) is 5.75 Å². The smallest absolute Gasteiger partial charge is 0.279 e. The van der Waals surface area contributed by atoms with E-state index in [0.29, 0.717) is 58.7 Å². The first-order valence-corrected chi connectivity index (χ1v) is 11.7. The number of amides is 1. The average molecular weight is 474 g/mol. The Balaban J connectivity index is 2.14. The molecule has 1 heterocycles. The Hall–Kier alpha value is -3.40. The Kier molecular flexibility index (Phi) is 8.05. The second-order valence-electron chi connectivity index (χ2n) is 6.96. The molecule has 2 aromatic carbocycles. The van der Waals surface area contributed by atoms with Gasteiger partial charge in [0.25, 0.3) is 11.6 Å². The topological polar surface area (TPSA) is 105 Å². The molecule has 3 rings (SSSR count). The lowest BCUT2D eigenvalue weighted by Gasteiger charge is -2.16. The summed E-state index contributed by atoms with van der Waals surface area (Å²) < 4.78 is 19.7. The van der Waals surface area contributed by atoms with Gasteiger partial charge in [0.05, 0.1) is 35.0 Å². The predicted octanol–water partition coefficient (Wildman–Crippen LogP) is 4.96. The van der Waals surface area contributed by atoms with E-state index in [-0.39, 0.29) is 5.69 Å². The van der Waals surface area contributed by atoms with Gasteiger partial charge in [0, 0.05) is 24.2 Å². The van der Waals surface area contributed by atoms with Gasteiger partial charge in [-0.15, -0.1) is 0 Å². The van der Waals surface area contributed by atoms with Crippen LogP contribution in [0, 0.1) is 10.1 Å². The number of nitro groups is 1. The molecule has 0 aliphatic carbocycles. The molecule has 0 saturated heterocycles. The van der Waals surface area contributed by atoms with Crippen LogP contribution in [0.15, 0.2) is 35.3 Å². The van der Waals surface area contributed by atoms with Crippen molar-refractivity contribution in [3.63, 3.8) is 0 Å². The van der Waals surface area contributed by atoms with Crippen molar-refractivity contribution in [2.24, 2.45) is 4.99 Å². The number of benzene rings is 2. The highest BCUT2D eigenvalue weighted by Gasteiger charge is 2.19. The van der Waals surface area contributed by atoms with Gasteiger partial charge in [-0.2, -0.15) is 4.99 Å². The maximum Gasteiger partial charge on any atom is 0.279 e. The summed E-state index contributed by atoms with van der Waals surface area (Å²) in [7, 11) is 0. The highest BCUT2D eigenvalue weighted by molar-refractivity contribution is 7.16. The van der Waals surface area contributed by atoms with E-state index in [1.165, 1.54) is 23.5 Å². The third-order valence-corrected chi connectivity index (χ3v) is 5.72. The zero-order chi connectivity index (χ0) is 24.0. The highest BCUT2D eigenvalue weighted by Crippen LogP contribution is 2.39. The number of aryl methyl sites for hydroxylation is 1. The fraction of sp³-hybridized carbons (Fsp3) is 0.391. The molecule has 176 valence electrons. The second kappa shape index (κ2) is 11.0. The molecule has 0 spiro atoms. The van der Waals surface area contributed by atoms with Gasteiger partial charge >= 0.3 is 0 Å². The number of rotatable bonds is 10. The number of non-ortho nitro benzene ring substituents is 1. The van der Waals surface area contributed by atoms with Gasteiger partial charge in [-0.3, -0.25) is 14.9 Å². The number of carbonyl (C=O) groups is 1. The van der Waals surface area contributed by atoms with Gasteiger partial charge < -0.3 is 18.8 Å². The number of hydrogen-bond acceptors (Lipinski definition) is 7. The van der Waals surface area contributed by atoms with Crippen LogP contribution in [0.1, 0.15) is 44.5 Å². The van der Waals surface area contributed by atoms with Crippen LogP contribution in [0.3, 0.4) is 0 Å². The molecule has 10 heteroatoms. The zero-order valence-electron chi connectivity index (χ0n) is 19.1. The van der Waals surface area contributed by atoms with Crippen LogP contribution in [-0.4, -0.2) is 35.2 Å². The molecule has 0 N–H and O–H groups in total. The van der Waals surface area contributed by atoms with Crippen molar-refractivity contribution in [2.75, 3.05) is 19.8 Å². The van der Waals surface area contributed by atoms with Crippen molar-refractivity contribution in [3.05, 3.63) is 50.8 Å². The van der Waals surface area contributed by atoms with E-state index in [0.717, 1.165) is 11.9 Å². The Morgan fingerprint density at radius 3 is 2.21 bits per heavy atom. The van der Waals surface area contributed by atoms with Crippen LogP contribution < -0.4 is 19.0 Å². The standard InChI is InChI=1S/C23H27N3O6S/c1-5-11-25-17-10-9-16(26(28)29)14-20(17)33-23(25)24-22(27)15-12-18(30-6-2)21(32-8-4)19(13-15)31-7-3/h9-10,12-14H,5-8,11H2,1-4H3. The van der Waals surface area contributed by atoms with E-state index in [9.17, 15) is 14.9 Å². The summed E-state index contributed by atoms with van der Waals surface area (Å²) in [5.74, 6) is 0.813. The summed E-state index contributed by atoms with van der Waals surface area (Å²) in [4.78, 5) is 28.7. The van der Waals surface area contributed by atoms with E-state index in [1.807, 2.05) is 32.3 Å². The molecule has 3 aromatic rings. The molecule has 0 unspecified atom stereocenters. The monoisotopic (exact) mass is 473 g/mol. The summed E-state index contributed by atoms with van der Waals surface area (Å²) in [5.41, 5.74) is 1.10. The van der Waals surface area contributed by atoms with Crippen LogP contribution >= 0.6 is 11.3 Å². The molecule has 33 heavy (non-hydrogen) atoms. The molecular weight excluding hydrogens is 446 g/mol. The number of carbonyl (C=O) groups excluding carboxylic acids is 1. The molecule has 0 fully saturated rings. The number of hydrogen-bond donors (Lipinski definition) is 0. The maximum atomic E-state index is 13.2. The molecule has 0 aliphatic rings. The summed E-state index contributed by atoms with van der Waals surface area (Å²) in [6.07, 6.45) is 0.816. The third-order valence-electron chi connectivity index (χ3n) is 4.68. The highest BCUT2D eigenvalue weighted by atomic mass is 32.1. The molecule has 0 atom stereocenters. The minimum atomic E-state index is -0.467. The predicted molar refractivity (Wildman–Crippen MR) is 127 cm³/mol. The van der Waals surface area contributed by atoms with Crippen molar-refractivity contribution in [1.82, 2.24) is 4.57 Å². The Morgan fingerprint density at radius 1 is 1.03 bits per heavy atom. The SMILES string of the molecule is CCCn1c(=NC(=O)c2cc(OCC)c(OCC)c(OCC)c2)sc2cc([N+](=O)[O-])ccc21. The summed E-state index contributed by atoms with van der Waals surface area (Å²) in [5, 5.41) is 11.2. The molecule has 0 bridgehead atoms.